The van der Waals surface area contributed by atoms with Crippen LogP contribution in [0.25, 0.3) is 10.9 Å². The van der Waals surface area contributed by atoms with Crippen LogP contribution in [0.3, 0.4) is 0 Å². The maximum Gasteiger partial charge on any atom is 0.344 e. The van der Waals surface area contributed by atoms with E-state index in [9.17, 15) is 19.2 Å². The lowest BCUT2D eigenvalue weighted by molar-refractivity contribution is -0.139. The van der Waals surface area contributed by atoms with Crippen molar-refractivity contribution in [1.29, 1.82) is 0 Å². The lowest BCUT2D eigenvalue weighted by Crippen LogP contribution is -2.49. The van der Waals surface area contributed by atoms with Gasteiger partial charge in [0.05, 0.1) is 11.1 Å². The third-order valence-corrected chi connectivity index (χ3v) is 5.09. The Kier molecular flexibility index (Phi) is 5.73. The summed E-state index contributed by atoms with van der Waals surface area (Å²) < 4.78 is 5.14. The first kappa shape index (κ1) is 21.2. The van der Waals surface area contributed by atoms with Crippen LogP contribution in [-0.2, 0) is 14.3 Å². The Labute approximate surface area is 173 Å². The summed E-state index contributed by atoms with van der Waals surface area (Å²) in [6.45, 7) is 6.59. The number of para-hydroxylation sites is 1. The SMILES string of the molecule is CCC1(C)NC(=O)N(NC(=O)COC(=O)c2cc(C(C)C)nc3ccccc23)C1=O. The number of esters is 1. The molecular weight excluding hydrogens is 388 g/mol. The minimum Gasteiger partial charge on any atom is -0.452 e. The van der Waals surface area contributed by atoms with E-state index in [4.69, 9.17) is 4.74 Å². The van der Waals surface area contributed by atoms with E-state index in [0.717, 1.165) is 5.69 Å². The maximum atomic E-state index is 12.7. The molecular formula is C21H24N4O5. The Bertz CT molecular complexity index is 1040. The van der Waals surface area contributed by atoms with Crippen molar-refractivity contribution in [3.8, 4) is 0 Å². The highest BCUT2D eigenvalue weighted by atomic mass is 16.5. The van der Waals surface area contributed by atoms with Gasteiger partial charge in [-0.25, -0.2) is 9.59 Å². The number of aromatic nitrogens is 1. The zero-order chi connectivity index (χ0) is 22.1. The van der Waals surface area contributed by atoms with Crippen LogP contribution in [0.15, 0.2) is 30.3 Å². The van der Waals surface area contributed by atoms with Crippen LogP contribution in [0.2, 0.25) is 0 Å². The Morgan fingerprint density at radius 1 is 1.27 bits per heavy atom. The summed E-state index contributed by atoms with van der Waals surface area (Å²) in [6.07, 6.45) is 0.367. The summed E-state index contributed by atoms with van der Waals surface area (Å²) in [7, 11) is 0. The number of imide groups is 1. The van der Waals surface area contributed by atoms with Crippen LogP contribution in [0.5, 0.6) is 0 Å². The molecule has 4 amide bonds. The molecule has 2 aromatic rings. The van der Waals surface area contributed by atoms with Gasteiger partial charge in [-0.1, -0.05) is 39.0 Å². The number of urea groups is 1. The molecule has 1 aliphatic heterocycles. The van der Waals surface area contributed by atoms with E-state index in [1.54, 1.807) is 38.1 Å². The third kappa shape index (κ3) is 3.96. The number of pyridine rings is 1. The number of amides is 4. The quantitative estimate of drug-likeness (QED) is 0.555. The molecule has 9 heteroatoms. The first-order valence-corrected chi connectivity index (χ1v) is 9.69. The fraction of sp³-hybridized carbons (Fsp3) is 0.381. The average Bonchev–Trinajstić information content (AvgIpc) is 2.94. The summed E-state index contributed by atoms with van der Waals surface area (Å²) in [6, 6.07) is 8.08. The summed E-state index contributed by atoms with van der Waals surface area (Å²) in [5, 5.41) is 3.74. The van der Waals surface area contributed by atoms with Gasteiger partial charge in [-0.15, -0.1) is 0 Å². The maximum absolute atomic E-state index is 12.7. The summed E-state index contributed by atoms with van der Waals surface area (Å²) >= 11 is 0. The molecule has 1 saturated heterocycles. The molecule has 0 saturated carbocycles. The zero-order valence-electron chi connectivity index (χ0n) is 17.3. The number of hydrogen-bond acceptors (Lipinski definition) is 6. The van der Waals surface area contributed by atoms with Gasteiger partial charge in [0, 0.05) is 11.1 Å². The lowest BCUT2D eigenvalue weighted by Gasteiger charge is -2.19. The van der Waals surface area contributed by atoms with E-state index in [0.29, 0.717) is 27.9 Å². The van der Waals surface area contributed by atoms with E-state index >= 15 is 0 Å². The van der Waals surface area contributed by atoms with E-state index in [1.165, 1.54) is 0 Å². The molecule has 0 aliphatic carbocycles. The smallest absolute Gasteiger partial charge is 0.344 e. The molecule has 0 spiro atoms. The number of nitrogens with zero attached hydrogens (tertiary/aromatic N) is 2. The Morgan fingerprint density at radius 2 is 1.97 bits per heavy atom. The molecule has 0 radical (unpaired) electrons. The van der Waals surface area contributed by atoms with Crippen molar-refractivity contribution in [2.45, 2.75) is 45.6 Å². The number of fused-ring (bicyclic) bond motifs is 1. The van der Waals surface area contributed by atoms with Gasteiger partial charge in [-0.2, -0.15) is 5.01 Å². The highest BCUT2D eigenvalue weighted by Crippen LogP contribution is 2.23. The van der Waals surface area contributed by atoms with E-state index in [-0.39, 0.29) is 5.92 Å². The minimum absolute atomic E-state index is 0.0945. The molecule has 1 aromatic heterocycles. The number of carbonyl (C=O) groups is 4. The molecule has 2 heterocycles. The Balaban J connectivity index is 1.71. The third-order valence-electron chi connectivity index (χ3n) is 5.09. The summed E-state index contributed by atoms with van der Waals surface area (Å²) in [5.41, 5.74) is 2.78. The molecule has 1 aliphatic rings. The zero-order valence-corrected chi connectivity index (χ0v) is 17.3. The molecule has 1 atom stereocenters. The fourth-order valence-electron chi connectivity index (χ4n) is 3.05. The van der Waals surface area contributed by atoms with Crippen molar-refractivity contribution in [1.82, 2.24) is 20.7 Å². The summed E-state index contributed by atoms with van der Waals surface area (Å²) in [5.74, 6) is -1.97. The van der Waals surface area contributed by atoms with Gasteiger partial charge >= 0.3 is 12.0 Å². The van der Waals surface area contributed by atoms with Crippen LogP contribution in [0.1, 0.15) is 56.1 Å². The number of carbonyl (C=O) groups excluding carboxylic acids is 4. The minimum atomic E-state index is -1.08. The lowest BCUT2D eigenvalue weighted by atomic mass is 10.00. The predicted molar refractivity (Wildman–Crippen MR) is 108 cm³/mol. The van der Waals surface area contributed by atoms with Gasteiger partial charge in [0.25, 0.3) is 11.8 Å². The Hall–Kier alpha value is -3.49. The molecule has 3 rings (SSSR count). The second kappa shape index (κ2) is 8.10. The average molecular weight is 412 g/mol. The van der Waals surface area contributed by atoms with Crippen molar-refractivity contribution in [3.63, 3.8) is 0 Å². The number of ether oxygens (including phenoxy) is 1. The van der Waals surface area contributed by atoms with Gasteiger partial charge in [0.2, 0.25) is 0 Å². The number of nitrogens with one attached hydrogen (secondary N) is 2. The number of benzene rings is 1. The van der Waals surface area contributed by atoms with Gasteiger partial charge < -0.3 is 10.1 Å². The van der Waals surface area contributed by atoms with Crippen molar-refractivity contribution in [2.75, 3.05) is 6.61 Å². The van der Waals surface area contributed by atoms with Crippen molar-refractivity contribution < 1.29 is 23.9 Å². The van der Waals surface area contributed by atoms with Gasteiger partial charge in [-0.05, 0) is 31.4 Å². The monoisotopic (exact) mass is 412 g/mol. The molecule has 2 N–H and O–H groups in total. The molecule has 30 heavy (non-hydrogen) atoms. The van der Waals surface area contributed by atoms with Crippen molar-refractivity contribution >= 4 is 34.7 Å². The predicted octanol–water partition coefficient (Wildman–Crippen LogP) is 2.27. The van der Waals surface area contributed by atoms with Gasteiger partial charge in [0.1, 0.15) is 5.54 Å². The number of hydrogen-bond donors (Lipinski definition) is 2. The molecule has 1 unspecified atom stereocenters. The molecule has 9 nitrogen and oxygen atoms in total. The normalized spacial score (nSPS) is 18.6. The fourth-order valence-corrected chi connectivity index (χ4v) is 3.05. The largest absolute Gasteiger partial charge is 0.452 e. The standard InChI is InChI=1S/C21H24N4O5/c1-5-21(4)19(28)25(20(29)23-21)24-17(26)11-30-18(27)14-10-16(12(2)3)22-15-9-7-6-8-13(14)15/h6-10,12H,5,11H2,1-4H3,(H,23,29)(H,24,26). The van der Waals surface area contributed by atoms with E-state index in [2.05, 4.69) is 15.7 Å². The Morgan fingerprint density at radius 3 is 2.60 bits per heavy atom. The van der Waals surface area contributed by atoms with Crippen LogP contribution in [-0.4, -0.2) is 46.0 Å². The highest BCUT2D eigenvalue weighted by Gasteiger charge is 2.47. The van der Waals surface area contributed by atoms with Gasteiger partial charge in [0.15, 0.2) is 6.61 Å². The number of rotatable bonds is 6. The molecule has 158 valence electrons. The highest BCUT2D eigenvalue weighted by molar-refractivity contribution is 6.08. The van der Waals surface area contributed by atoms with Crippen LogP contribution >= 0.6 is 0 Å². The molecule has 0 bridgehead atoms. The molecule has 1 aromatic carbocycles. The van der Waals surface area contributed by atoms with Crippen LogP contribution in [0.4, 0.5) is 4.79 Å². The second-order valence-corrected chi connectivity index (χ2v) is 7.63. The van der Waals surface area contributed by atoms with Crippen LogP contribution < -0.4 is 10.7 Å². The van der Waals surface area contributed by atoms with Crippen molar-refractivity contribution in [2.24, 2.45) is 0 Å². The topological polar surface area (TPSA) is 118 Å². The second-order valence-electron chi connectivity index (χ2n) is 7.63. The summed E-state index contributed by atoms with van der Waals surface area (Å²) in [4.78, 5) is 53.7. The van der Waals surface area contributed by atoms with E-state index in [1.807, 2.05) is 19.9 Å². The first-order valence-electron chi connectivity index (χ1n) is 9.69. The number of hydrazine groups is 1. The van der Waals surface area contributed by atoms with Crippen LogP contribution in [0, 0.1) is 0 Å². The van der Waals surface area contributed by atoms with Gasteiger partial charge in [-0.3, -0.25) is 20.0 Å². The first-order chi connectivity index (χ1) is 14.2. The molecule has 1 fully saturated rings. The van der Waals surface area contributed by atoms with E-state index < -0.39 is 36.0 Å². The van der Waals surface area contributed by atoms with Crippen molar-refractivity contribution in [3.05, 3.63) is 41.6 Å².